The fourth-order valence-corrected chi connectivity index (χ4v) is 2.09. The van der Waals surface area contributed by atoms with E-state index in [9.17, 15) is 0 Å². The Balaban J connectivity index is 0.00000225. The topological polar surface area (TPSA) is 36.4 Å². The number of guanidine groups is 1. The molecule has 16 heavy (non-hydrogen) atoms. The molecule has 1 heterocycles. The summed E-state index contributed by atoms with van der Waals surface area (Å²) < 4.78 is 0. The third-order valence-electron chi connectivity index (χ3n) is 2.26. The SMILES string of the molecule is CCNC(=NC)NCC(C)c1ccsc1.I. The third kappa shape index (κ3) is 5.16. The van der Waals surface area contributed by atoms with E-state index >= 15 is 0 Å². The Morgan fingerprint density at radius 2 is 2.25 bits per heavy atom. The lowest BCUT2D eigenvalue weighted by atomic mass is 10.1. The van der Waals surface area contributed by atoms with Gasteiger partial charge in [-0.2, -0.15) is 11.3 Å². The molecule has 0 aliphatic carbocycles. The highest BCUT2D eigenvalue weighted by atomic mass is 127. The van der Waals surface area contributed by atoms with E-state index in [1.54, 1.807) is 18.4 Å². The molecule has 3 nitrogen and oxygen atoms in total. The quantitative estimate of drug-likeness (QED) is 0.496. The van der Waals surface area contributed by atoms with Gasteiger partial charge in [0.05, 0.1) is 0 Å². The van der Waals surface area contributed by atoms with Crippen LogP contribution in [0.5, 0.6) is 0 Å². The molecule has 0 bridgehead atoms. The van der Waals surface area contributed by atoms with Crippen molar-refractivity contribution >= 4 is 41.3 Å². The van der Waals surface area contributed by atoms with Crippen LogP contribution in [0.15, 0.2) is 21.8 Å². The summed E-state index contributed by atoms with van der Waals surface area (Å²) in [6.07, 6.45) is 0. The standard InChI is InChI=1S/C11H19N3S.HI/c1-4-13-11(12-3)14-7-9(2)10-5-6-15-8-10;/h5-6,8-9H,4,7H2,1-3H3,(H2,12,13,14);1H. The third-order valence-corrected chi connectivity index (χ3v) is 2.96. The summed E-state index contributed by atoms with van der Waals surface area (Å²) >= 11 is 1.74. The Kier molecular flexibility index (Phi) is 8.64. The average Bonchev–Trinajstić information content (AvgIpc) is 2.77. The van der Waals surface area contributed by atoms with E-state index < -0.39 is 0 Å². The van der Waals surface area contributed by atoms with E-state index in [0.717, 1.165) is 19.0 Å². The number of hydrogen-bond acceptors (Lipinski definition) is 2. The van der Waals surface area contributed by atoms with Crippen molar-refractivity contribution in [1.29, 1.82) is 0 Å². The molecule has 0 spiro atoms. The molecule has 0 fully saturated rings. The van der Waals surface area contributed by atoms with Gasteiger partial charge in [0.25, 0.3) is 0 Å². The van der Waals surface area contributed by atoms with Gasteiger partial charge in [-0.25, -0.2) is 0 Å². The van der Waals surface area contributed by atoms with E-state index in [0.29, 0.717) is 5.92 Å². The molecule has 0 saturated heterocycles. The minimum atomic E-state index is 0. The fourth-order valence-electron chi connectivity index (χ4n) is 1.31. The maximum atomic E-state index is 4.13. The molecule has 0 aliphatic heterocycles. The second kappa shape index (κ2) is 8.81. The fraction of sp³-hybridized carbons (Fsp3) is 0.545. The maximum absolute atomic E-state index is 4.13. The zero-order valence-corrected chi connectivity index (χ0v) is 13.1. The highest BCUT2D eigenvalue weighted by molar-refractivity contribution is 14.0. The number of halogens is 1. The lowest BCUT2D eigenvalue weighted by molar-refractivity contribution is 0.705. The summed E-state index contributed by atoms with van der Waals surface area (Å²) in [5.74, 6) is 1.39. The Labute approximate surface area is 119 Å². The molecular weight excluding hydrogens is 333 g/mol. The molecule has 0 radical (unpaired) electrons. The van der Waals surface area contributed by atoms with Gasteiger partial charge in [0.1, 0.15) is 0 Å². The largest absolute Gasteiger partial charge is 0.357 e. The predicted octanol–water partition coefficient (Wildman–Crippen LogP) is 2.65. The van der Waals surface area contributed by atoms with Gasteiger partial charge >= 0.3 is 0 Å². The zero-order valence-electron chi connectivity index (χ0n) is 9.99. The van der Waals surface area contributed by atoms with Crippen molar-refractivity contribution in [3.8, 4) is 0 Å². The lowest BCUT2D eigenvalue weighted by Gasteiger charge is -2.14. The first kappa shape index (κ1) is 15.7. The van der Waals surface area contributed by atoms with E-state index in [1.165, 1.54) is 5.56 Å². The van der Waals surface area contributed by atoms with Gasteiger partial charge in [-0.3, -0.25) is 4.99 Å². The van der Waals surface area contributed by atoms with Crippen molar-refractivity contribution in [2.24, 2.45) is 4.99 Å². The van der Waals surface area contributed by atoms with Crippen LogP contribution < -0.4 is 10.6 Å². The number of rotatable bonds is 4. The van der Waals surface area contributed by atoms with Gasteiger partial charge in [0.2, 0.25) is 0 Å². The van der Waals surface area contributed by atoms with Gasteiger partial charge in [-0.15, -0.1) is 24.0 Å². The zero-order chi connectivity index (χ0) is 11.1. The molecule has 0 saturated carbocycles. The van der Waals surface area contributed by atoms with Crippen LogP contribution in [0.25, 0.3) is 0 Å². The van der Waals surface area contributed by atoms with Crippen LogP contribution in [0.1, 0.15) is 25.3 Å². The van der Waals surface area contributed by atoms with Crippen LogP contribution in [0.3, 0.4) is 0 Å². The highest BCUT2D eigenvalue weighted by Gasteiger charge is 2.06. The van der Waals surface area contributed by atoms with Crippen molar-refractivity contribution in [3.63, 3.8) is 0 Å². The van der Waals surface area contributed by atoms with Crippen LogP contribution in [0.4, 0.5) is 0 Å². The van der Waals surface area contributed by atoms with Crippen molar-refractivity contribution in [1.82, 2.24) is 10.6 Å². The minimum Gasteiger partial charge on any atom is -0.357 e. The van der Waals surface area contributed by atoms with Gasteiger partial charge in [0, 0.05) is 20.1 Å². The molecular formula is C11H20IN3S. The first-order chi connectivity index (χ1) is 7.27. The molecule has 1 aromatic heterocycles. The molecule has 1 atom stereocenters. The number of nitrogens with one attached hydrogen (secondary N) is 2. The molecule has 1 unspecified atom stereocenters. The summed E-state index contributed by atoms with van der Waals surface area (Å²) in [5.41, 5.74) is 1.39. The number of nitrogens with zero attached hydrogens (tertiary/aromatic N) is 1. The predicted molar refractivity (Wildman–Crippen MR) is 83.2 cm³/mol. The number of thiophene rings is 1. The van der Waals surface area contributed by atoms with Crippen LogP contribution >= 0.6 is 35.3 Å². The first-order valence-electron chi connectivity index (χ1n) is 5.24. The van der Waals surface area contributed by atoms with Crippen molar-refractivity contribution in [3.05, 3.63) is 22.4 Å². The Morgan fingerprint density at radius 1 is 1.50 bits per heavy atom. The van der Waals surface area contributed by atoms with Gasteiger partial charge in [-0.1, -0.05) is 6.92 Å². The van der Waals surface area contributed by atoms with Crippen LogP contribution in [0.2, 0.25) is 0 Å². The molecule has 1 aromatic rings. The van der Waals surface area contributed by atoms with Gasteiger partial charge < -0.3 is 10.6 Å². The Hall–Kier alpha value is -0.300. The van der Waals surface area contributed by atoms with Crippen molar-refractivity contribution < 1.29 is 0 Å². The second-order valence-corrected chi connectivity index (χ2v) is 4.22. The lowest BCUT2D eigenvalue weighted by Crippen LogP contribution is -2.38. The summed E-state index contributed by atoms with van der Waals surface area (Å²) in [4.78, 5) is 4.13. The highest BCUT2D eigenvalue weighted by Crippen LogP contribution is 2.16. The molecule has 5 heteroatoms. The first-order valence-corrected chi connectivity index (χ1v) is 6.18. The summed E-state index contributed by atoms with van der Waals surface area (Å²) in [7, 11) is 1.79. The molecule has 0 aromatic carbocycles. The monoisotopic (exact) mass is 353 g/mol. The Morgan fingerprint density at radius 3 is 2.75 bits per heavy atom. The second-order valence-electron chi connectivity index (χ2n) is 3.44. The van der Waals surface area contributed by atoms with Gasteiger partial charge in [0.15, 0.2) is 5.96 Å². The van der Waals surface area contributed by atoms with Gasteiger partial charge in [-0.05, 0) is 35.2 Å². The molecule has 1 rings (SSSR count). The average molecular weight is 353 g/mol. The summed E-state index contributed by atoms with van der Waals surface area (Å²) in [5, 5.41) is 10.8. The van der Waals surface area contributed by atoms with Crippen LogP contribution in [0, 0.1) is 0 Å². The maximum Gasteiger partial charge on any atom is 0.190 e. The molecule has 0 aliphatic rings. The van der Waals surface area contributed by atoms with E-state index in [2.05, 4.69) is 46.3 Å². The van der Waals surface area contributed by atoms with Crippen LogP contribution in [-0.2, 0) is 0 Å². The summed E-state index contributed by atoms with van der Waals surface area (Å²) in [6.45, 7) is 6.09. The Bertz CT molecular complexity index is 298. The van der Waals surface area contributed by atoms with E-state index in [4.69, 9.17) is 0 Å². The van der Waals surface area contributed by atoms with Crippen LogP contribution in [-0.4, -0.2) is 26.1 Å². The number of aliphatic imine (C=N–C) groups is 1. The number of hydrogen-bond donors (Lipinski definition) is 2. The molecule has 2 N–H and O–H groups in total. The van der Waals surface area contributed by atoms with E-state index in [1.807, 2.05) is 0 Å². The minimum absolute atomic E-state index is 0. The van der Waals surface area contributed by atoms with Crippen molar-refractivity contribution in [2.45, 2.75) is 19.8 Å². The summed E-state index contributed by atoms with van der Waals surface area (Å²) in [6, 6.07) is 2.17. The van der Waals surface area contributed by atoms with E-state index in [-0.39, 0.29) is 24.0 Å². The normalized spacial score (nSPS) is 12.8. The molecule has 92 valence electrons. The van der Waals surface area contributed by atoms with Crippen molar-refractivity contribution in [2.75, 3.05) is 20.1 Å². The smallest absolute Gasteiger partial charge is 0.190 e. The molecule has 0 amide bonds.